The molecule has 0 aliphatic rings. The predicted molar refractivity (Wildman–Crippen MR) is 272 cm³/mol. The zero-order valence-electron chi connectivity index (χ0n) is 43.7. The smallest absolute Gasteiger partial charge is 0.327 e. The van der Waals surface area contributed by atoms with Gasteiger partial charge >= 0.3 is 15.6 Å². The largest absolute Gasteiger partial charge is 0.472 e. The van der Waals surface area contributed by atoms with Crippen molar-refractivity contribution in [1.82, 2.24) is 9.80 Å². The number of hydrogen-bond donors (Lipinski definition) is 2. The molecule has 0 heterocycles. The Morgan fingerprint density at radius 3 is 0.703 bits per heavy atom. The average molecular weight is 957 g/mol. The third kappa shape index (κ3) is 48.5. The number of phosphoric ester groups is 2. The van der Waals surface area contributed by atoms with Gasteiger partial charge in [-0.25, -0.2) is 9.13 Å². The summed E-state index contributed by atoms with van der Waals surface area (Å²) < 4.78 is 46.8. The molecule has 0 aromatic rings. The lowest BCUT2D eigenvalue weighted by Crippen LogP contribution is -2.43. The first-order valence-electron chi connectivity index (χ1n) is 26.6. The van der Waals surface area contributed by atoms with Crippen molar-refractivity contribution >= 4 is 15.6 Å². The number of rotatable bonds is 51. The van der Waals surface area contributed by atoms with Gasteiger partial charge in [-0.05, 0) is 41.0 Å². The SMILES string of the molecule is CN(C)CCC[N+](C)(C)CCOP(=O)(O)OCCCCCCCCCCCCCCCCCCCCCCCCCCCCCCCCOP(=O)(O)OCC[N+](C)(C)CCCN(C)C. The monoisotopic (exact) mass is 957 g/mol. The van der Waals surface area contributed by atoms with Gasteiger partial charge in [0, 0.05) is 25.9 Å². The van der Waals surface area contributed by atoms with E-state index in [1.54, 1.807) is 0 Å². The Bertz CT molecular complexity index is 1030. The average Bonchev–Trinajstić information content (AvgIpc) is 3.20. The van der Waals surface area contributed by atoms with Crippen LogP contribution in [0.1, 0.15) is 205 Å². The van der Waals surface area contributed by atoms with E-state index in [1.807, 2.05) is 0 Å². The second kappa shape index (κ2) is 42.0. The van der Waals surface area contributed by atoms with Gasteiger partial charge in [-0.15, -0.1) is 0 Å². The summed E-state index contributed by atoms with van der Waals surface area (Å²) >= 11 is 0. The molecule has 12 nitrogen and oxygen atoms in total. The van der Waals surface area contributed by atoms with Crippen molar-refractivity contribution in [1.29, 1.82) is 0 Å². The fourth-order valence-corrected chi connectivity index (χ4v) is 9.74. The minimum atomic E-state index is -3.96. The predicted octanol–water partition coefficient (Wildman–Crippen LogP) is 13.0. The van der Waals surface area contributed by atoms with Gasteiger partial charge in [0.1, 0.15) is 26.3 Å². The van der Waals surface area contributed by atoms with Crippen molar-refractivity contribution < 1.29 is 46.0 Å². The summed E-state index contributed by atoms with van der Waals surface area (Å²) in [5, 5.41) is 0. The van der Waals surface area contributed by atoms with Crippen molar-refractivity contribution in [3.05, 3.63) is 0 Å². The summed E-state index contributed by atoms with van der Waals surface area (Å²) in [7, 11) is 8.88. The van der Waals surface area contributed by atoms with Crippen LogP contribution in [0.15, 0.2) is 0 Å². The normalized spacial score (nSPS) is 14.5. The number of nitrogens with zero attached hydrogens (tertiary/aromatic N) is 4. The molecule has 0 spiro atoms. The zero-order chi connectivity index (χ0) is 47.7. The van der Waals surface area contributed by atoms with Gasteiger partial charge in [0.15, 0.2) is 0 Å². The van der Waals surface area contributed by atoms with Gasteiger partial charge in [-0.2, -0.15) is 0 Å². The molecule has 64 heavy (non-hydrogen) atoms. The van der Waals surface area contributed by atoms with E-state index in [9.17, 15) is 18.9 Å². The van der Waals surface area contributed by atoms with E-state index in [0.29, 0.717) is 13.1 Å². The number of likely N-dealkylation sites (N-methyl/N-ethyl adjacent to an activating group) is 2. The van der Waals surface area contributed by atoms with E-state index < -0.39 is 15.6 Å². The van der Waals surface area contributed by atoms with Crippen molar-refractivity contribution in [2.24, 2.45) is 0 Å². The first kappa shape index (κ1) is 64.1. The Hall–Kier alpha value is 0.0600. The molecule has 0 saturated heterocycles. The second-order valence-electron chi connectivity index (χ2n) is 21.0. The van der Waals surface area contributed by atoms with Gasteiger partial charge in [0.25, 0.3) is 0 Å². The van der Waals surface area contributed by atoms with Crippen LogP contribution >= 0.6 is 15.6 Å². The van der Waals surface area contributed by atoms with E-state index in [4.69, 9.17) is 18.1 Å². The molecule has 2 unspecified atom stereocenters. The molecule has 0 fully saturated rings. The van der Waals surface area contributed by atoms with Gasteiger partial charge < -0.3 is 28.6 Å². The summed E-state index contributed by atoms with van der Waals surface area (Å²) in [6.45, 7) is 6.49. The maximum absolute atomic E-state index is 12.2. The van der Waals surface area contributed by atoms with Crippen LogP contribution < -0.4 is 0 Å². The fraction of sp³-hybridized carbons (Fsp3) is 1.00. The summed E-state index contributed by atoms with van der Waals surface area (Å²) in [5.74, 6) is 0. The Balaban J connectivity index is 3.35. The van der Waals surface area contributed by atoms with Crippen molar-refractivity contribution in [3.63, 3.8) is 0 Å². The minimum absolute atomic E-state index is 0.229. The van der Waals surface area contributed by atoms with Crippen LogP contribution in [-0.2, 0) is 27.2 Å². The molecule has 2 atom stereocenters. The highest BCUT2D eigenvalue weighted by Gasteiger charge is 2.25. The molecule has 0 aliphatic heterocycles. The lowest BCUT2D eigenvalue weighted by molar-refractivity contribution is -0.890. The van der Waals surface area contributed by atoms with Crippen molar-refractivity contribution in [3.8, 4) is 0 Å². The molecule has 2 N–H and O–H groups in total. The lowest BCUT2D eigenvalue weighted by atomic mass is 10.0. The third-order valence-corrected chi connectivity index (χ3v) is 14.7. The fourth-order valence-electron chi connectivity index (χ4n) is 8.25. The molecule has 14 heteroatoms. The first-order chi connectivity index (χ1) is 30.5. The van der Waals surface area contributed by atoms with Crippen LogP contribution in [0.25, 0.3) is 0 Å². The molecule has 0 saturated carbocycles. The second-order valence-corrected chi connectivity index (χ2v) is 23.9. The number of hydrogen-bond acceptors (Lipinski definition) is 8. The molecule has 0 amide bonds. The van der Waals surface area contributed by atoms with Crippen molar-refractivity contribution in [2.45, 2.75) is 205 Å². The summed E-state index contributed by atoms with van der Waals surface area (Å²) in [5.41, 5.74) is 0. The van der Waals surface area contributed by atoms with E-state index >= 15 is 0 Å². The van der Waals surface area contributed by atoms with Gasteiger partial charge in [-0.3, -0.25) is 18.1 Å². The van der Waals surface area contributed by atoms with Crippen LogP contribution in [0.5, 0.6) is 0 Å². The van der Waals surface area contributed by atoms with Gasteiger partial charge in [0.05, 0.1) is 54.5 Å². The molecule has 0 aromatic carbocycles. The molecule has 0 rings (SSSR count). The van der Waals surface area contributed by atoms with Crippen LogP contribution in [0.2, 0.25) is 0 Å². The quantitative estimate of drug-likeness (QED) is 0.0347. The Labute approximate surface area is 397 Å². The van der Waals surface area contributed by atoms with E-state index in [1.165, 1.54) is 154 Å². The topological polar surface area (TPSA) is 118 Å². The molecular weight excluding hydrogens is 847 g/mol. The number of quaternary nitrogens is 2. The molecular formula is C50H110N4O8P2+2. The van der Waals surface area contributed by atoms with Crippen LogP contribution in [-0.4, -0.2) is 151 Å². The Morgan fingerprint density at radius 2 is 0.500 bits per heavy atom. The molecule has 0 bridgehead atoms. The van der Waals surface area contributed by atoms with Crippen LogP contribution in [0.4, 0.5) is 0 Å². The first-order valence-corrected chi connectivity index (χ1v) is 29.6. The standard InChI is InChI=1S/C50H108N4O8P2/c1-51(2)41-39-43-53(5,6)45-49-61-63(55,56)59-47-37-35-33-31-29-27-25-23-21-19-17-15-13-11-9-10-12-14-16-18-20-22-24-26-28-30-32-34-36-38-48-60-64(57,58)62-50-46-54(7,8)44-40-42-52(3)4/h9-50H2,1-8H3/p+2. The van der Waals surface area contributed by atoms with Crippen LogP contribution in [0.3, 0.4) is 0 Å². The number of unbranched alkanes of at least 4 members (excludes halogenated alkanes) is 29. The van der Waals surface area contributed by atoms with E-state index in [0.717, 1.165) is 86.5 Å². The Kier molecular flexibility index (Phi) is 42.0. The highest BCUT2D eigenvalue weighted by atomic mass is 31.2. The highest BCUT2D eigenvalue weighted by Crippen LogP contribution is 2.44. The maximum atomic E-state index is 12.2. The summed E-state index contributed by atoms with van der Waals surface area (Å²) in [4.78, 5) is 24.3. The molecule has 0 aliphatic carbocycles. The zero-order valence-corrected chi connectivity index (χ0v) is 45.5. The number of phosphoric acid groups is 2. The summed E-state index contributed by atoms with van der Waals surface area (Å²) in [6.07, 6.45) is 41.1. The molecule has 386 valence electrons. The minimum Gasteiger partial charge on any atom is -0.327 e. The molecule has 0 aromatic heterocycles. The Morgan fingerprint density at radius 1 is 0.312 bits per heavy atom. The summed E-state index contributed by atoms with van der Waals surface area (Å²) in [6, 6.07) is 0. The van der Waals surface area contributed by atoms with Gasteiger partial charge in [0.2, 0.25) is 0 Å². The van der Waals surface area contributed by atoms with Crippen molar-refractivity contribution in [2.75, 3.05) is 122 Å². The highest BCUT2D eigenvalue weighted by molar-refractivity contribution is 7.47. The third-order valence-electron chi connectivity index (χ3n) is 12.7. The van der Waals surface area contributed by atoms with Gasteiger partial charge in [-0.1, -0.05) is 180 Å². The lowest BCUT2D eigenvalue weighted by Gasteiger charge is -2.30. The van der Waals surface area contributed by atoms with Crippen LogP contribution in [0, 0.1) is 0 Å². The van der Waals surface area contributed by atoms with E-state index in [2.05, 4.69) is 66.2 Å². The maximum Gasteiger partial charge on any atom is 0.472 e. The van der Waals surface area contributed by atoms with E-state index in [-0.39, 0.29) is 26.4 Å². The molecule has 0 radical (unpaired) electrons.